The highest BCUT2D eigenvalue weighted by Gasteiger charge is 2.38. The molecule has 0 aromatic heterocycles. The number of hydrogen-bond donors (Lipinski definition) is 2. The molecule has 0 aliphatic carbocycles. The molecule has 1 atom stereocenters. The van der Waals surface area contributed by atoms with E-state index in [1.807, 2.05) is 31.2 Å². The van der Waals surface area contributed by atoms with Gasteiger partial charge in [0, 0.05) is 26.4 Å². The zero-order chi connectivity index (χ0) is 23.3. The first-order valence-electron chi connectivity index (χ1n) is 11.0. The molecule has 2 N–H and O–H groups in total. The first kappa shape index (κ1) is 23.9. The summed E-state index contributed by atoms with van der Waals surface area (Å²) in [5.74, 6) is -0.521. The molecule has 2 aromatic carbocycles. The molecule has 0 bridgehead atoms. The number of nitrogens with zero attached hydrogens (tertiary/aromatic N) is 1. The minimum Gasteiger partial charge on any atom is -0.356 e. The third-order valence-electron chi connectivity index (χ3n) is 5.63. The zero-order valence-corrected chi connectivity index (χ0v) is 19.7. The summed E-state index contributed by atoms with van der Waals surface area (Å²) in [5.41, 5.74) is 2.91. The van der Waals surface area contributed by atoms with Gasteiger partial charge in [0.2, 0.25) is 21.8 Å². The number of unbranched alkanes of at least 4 members (excludes halogenated alkanes) is 1. The smallest absolute Gasteiger partial charge is 0.245 e. The van der Waals surface area contributed by atoms with E-state index in [0.29, 0.717) is 13.0 Å². The second-order valence-corrected chi connectivity index (χ2v) is 10.0. The molecular formula is C24H31N3O4S. The Labute approximate surface area is 190 Å². The second kappa shape index (κ2) is 10.3. The van der Waals surface area contributed by atoms with E-state index >= 15 is 0 Å². The maximum absolute atomic E-state index is 13.8. The van der Waals surface area contributed by atoms with Crippen molar-refractivity contribution in [1.82, 2.24) is 9.62 Å². The molecule has 32 heavy (non-hydrogen) atoms. The van der Waals surface area contributed by atoms with Crippen LogP contribution in [-0.2, 0) is 26.0 Å². The molecule has 7 nitrogen and oxygen atoms in total. The minimum atomic E-state index is -3.98. The minimum absolute atomic E-state index is 0.0429. The monoisotopic (exact) mass is 457 g/mol. The fraction of sp³-hybridized carbons (Fsp3) is 0.417. The maximum atomic E-state index is 13.8. The average molecular weight is 458 g/mol. The van der Waals surface area contributed by atoms with E-state index in [1.165, 1.54) is 11.2 Å². The number of hydrogen-bond acceptors (Lipinski definition) is 4. The normalized spacial score (nSPS) is 16.3. The van der Waals surface area contributed by atoms with Gasteiger partial charge in [-0.2, -0.15) is 4.31 Å². The van der Waals surface area contributed by atoms with Crippen LogP contribution in [0.25, 0.3) is 0 Å². The van der Waals surface area contributed by atoms with Gasteiger partial charge in [0.15, 0.2) is 0 Å². The lowest BCUT2D eigenvalue weighted by Crippen LogP contribution is -2.42. The van der Waals surface area contributed by atoms with Crippen LogP contribution in [0.15, 0.2) is 47.4 Å². The van der Waals surface area contributed by atoms with E-state index in [0.717, 1.165) is 29.5 Å². The summed E-state index contributed by atoms with van der Waals surface area (Å²) in [6, 6.07) is 12.0. The first-order valence-corrected chi connectivity index (χ1v) is 12.4. The van der Waals surface area contributed by atoms with Crippen LogP contribution in [0.3, 0.4) is 0 Å². The fourth-order valence-corrected chi connectivity index (χ4v) is 5.88. The van der Waals surface area contributed by atoms with Crippen LogP contribution in [0.2, 0.25) is 0 Å². The molecule has 3 rings (SSSR count). The summed E-state index contributed by atoms with van der Waals surface area (Å²) < 4.78 is 29.1. The van der Waals surface area contributed by atoms with Gasteiger partial charge in [0.1, 0.15) is 4.90 Å². The van der Waals surface area contributed by atoms with Crippen LogP contribution in [0.5, 0.6) is 0 Å². The van der Waals surface area contributed by atoms with Crippen LogP contribution in [0.1, 0.15) is 55.8 Å². The molecule has 1 heterocycles. The van der Waals surface area contributed by atoms with Crippen LogP contribution in [0.4, 0.5) is 5.69 Å². The summed E-state index contributed by atoms with van der Waals surface area (Å²) in [6.45, 7) is 6.03. The predicted molar refractivity (Wildman–Crippen MR) is 125 cm³/mol. The Balaban J connectivity index is 2.01. The summed E-state index contributed by atoms with van der Waals surface area (Å²) in [6.07, 6.45) is 2.44. The Hall–Kier alpha value is -2.71. The number of carbonyl (C=O) groups is 2. The molecular weight excluding hydrogens is 426 g/mol. The molecule has 0 radical (unpaired) electrons. The van der Waals surface area contributed by atoms with Crippen molar-refractivity contribution in [3.8, 4) is 0 Å². The van der Waals surface area contributed by atoms with Crippen LogP contribution in [-0.4, -0.2) is 37.6 Å². The number of fused-ring (bicyclic) bond motifs is 1. The molecule has 0 saturated carbocycles. The van der Waals surface area contributed by atoms with Gasteiger partial charge in [0.05, 0.1) is 11.7 Å². The Kier molecular flexibility index (Phi) is 7.69. The van der Waals surface area contributed by atoms with E-state index in [-0.39, 0.29) is 35.4 Å². The van der Waals surface area contributed by atoms with Gasteiger partial charge in [-0.1, -0.05) is 43.7 Å². The Bertz CT molecular complexity index is 1100. The van der Waals surface area contributed by atoms with Gasteiger partial charge >= 0.3 is 0 Å². The molecule has 2 aromatic rings. The lowest BCUT2D eigenvalue weighted by atomic mass is 9.92. The summed E-state index contributed by atoms with van der Waals surface area (Å²) >= 11 is 0. The third kappa shape index (κ3) is 5.37. The first-order chi connectivity index (χ1) is 15.2. The van der Waals surface area contributed by atoms with Crippen molar-refractivity contribution in [3.05, 3.63) is 59.2 Å². The number of rotatable bonds is 8. The number of carbonyl (C=O) groups excluding carboxylic acids is 2. The maximum Gasteiger partial charge on any atom is 0.245 e. The van der Waals surface area contributed by atoms with Crippen molar-refractivity contribution in [1.29, 1.82) is 0 Å². The average Bonchev–Trinajstić information content (AvgIpc) is 2.75. The largest absolute Gasteiger partial charge is 0.356 e. The Morgan fingerprint density at radius 1 is 1.16 bits per heavy atom. The Morgan fingerprint density at radius 3 is 2.62 bits per heavy atom. The van der Waals surface area contributed by atoms with E-state index in [9.17, 15) is 18.0 Å². The van der Waals surface area contributed by atoms with Gasteiger partial charge in [-0.15, -0.1) is 0 Å². The fourth-order valence-electron chi connectivity index (χ4n) is 4.04. The molecule has 172 valence electrons. The molecule has 0 unspecified atom stereocenters. The van der Waals surface area contributed by atoms with Crippen molar-refractivity contribution in [2.75, 3.05) is 18.4 Å². The highest BCUT2D eigenvalue weighted by molar-refractivity contribution is 7.89. The van der Waals surface area contributed by atoms with E-state index < -0.39 is 16.1 Å². The number of amides is 2. The van der Waals surface area contributed by atoms with Gasteiger partial charge in [0.25, 0.3) is 0 Å². The quantitative estimate of drug-likeness (QED) is 0.593. The molecule has 1 aliphatic rings. The molecule has 8 heteroatoms. The molecule has 0 saturated heterocycles. The van der Waals surface area contributed by atoms with Crippen molar-refractivity contribution in [2.24, 2.45) is 0 Å². The van der Waals surface area contributed by atoms with Crippen LogP contribution in [0, 0.1) is 6.92 Å². The molecule has 0 spiro atoms. The van der Waals surface area contributed by atoms with Crippen LogP contribution < -0.4 is 10.6 Å². The number of nitrogens with one attached hydrogen (secondary N) is 2. The summed E-state index contributed by atoms with van der Waals surface area (Å²) in [4.78, 5) is 24.4. The Morgan fingerprint density at radius 2 is 1.91 bits per heavy atom. The molecule has 1 aliphatic heterocycles. The number of benzene rings is 2. The lowest BCUT2D eigenvalue weighted by molar-refractivity contribution is -0.122. The van der Waals surface area contributed by atoms with Gasteiger partial charge in [-0.3, -0.25) is 9.59 Å². The summed E-state index contributed by atoms with van der Waals surface area (Å²) in [7, 11) is -3.98. The van der Waals surface area contributed by atoms with E-state index in [4.69, 9.17) is 0 Å². The van der Waals surface area contributed by atoms with Gasteiger partial charge in [-0.05, 0) is 48.6 Å². The van der Waals surface area contributed by atoms with E-state index in [2.05, 4.69) is 10.6 Å². The van der Waals surface area contributed by atoms with Crippen molar-refractivity contribution in [2.45, 2.75) is 57.4 Å². The standard InChI is InChI=1S/C24H31N3O4S/c1-4-5-13-25-24(29)16-22-20-9-7-6-8-19(20)12-14-27(22)32(30,31)23-15-17(2)10-11-21(23)26-18(3)28/h6-11,15,22H,4-5,12-14,16H2,1-3H3,(H,25,29)(H,26,28)/t22-/m1/s1. The molecule has 2 amide bonds. The number of aryl methyl sites for hydroxylation is 1. The predicted octanol–water partition coefficient (Wildman–Crippen LogP) is 3.55. The third-order valence-corrected chi connectivity index (χ3v) is 7.58. The lowest BCUT2D eigenvalue weighted by Gasteiger charge is -2.36. The van der Waals surface area contributed by atoms with Crippen LogP contribution >= 0.6 is 0 Å². The number of anilines is 1. The van der Waals surface area contributed by atoms with Crippen molar-refractivity contribution < 1.29 is 18.0 Å². The SMILES string of the molecule is CCCCNC(=O)C[C@@H]1c2ccccc2CCN1S(=O)(=O)c1cc(C)ccc1NC(C)=O. The van der Waals surface area contributed by atoms with Crippen molar-refractivity contribution >= 4 is 27.5 Å². The van der Waals surface area contributed by atoms with Crippen molar-refractivity contribution in [3.63, 3.8) is 0 Å². The number of sulfonamides is 1. The zero-order valence-electron chi connectivity index (χ0n) is 18.8. The highest BCUT2D eigenvalue weighted by Crippen LogP contribution is 2.38. The topological polar surface area (TPSA) is 95.6 Å². The van der Waals surface area contributed by atoms with Gasteiger partial charge < -0.3 is 10.6 Å². The highest BCUT2D eigenvalue weighted by atomic mass is 32.2. The molecule has 0 fully saturated rings. The van der Waals surface area contributed by atoms with E-state index in [1.54, 1.807) is 25.1 Å². The van der Waals surface area contributed by atoms with Gasteiger partial charge in [-0.25, -0.2) is 8.42 Å². The summed E-state index contributed by atoms with van der Waals surface area (Å²) in [5, 5.41) is 5.53. The second-order valence-electron chi connectivity index (χ2n) is 8.17.